The van der Waals surface area contributed by atoms with Crippen LogP contribution in [-0.4, -0.2) is 21.6 Å². The SMILES string of the molecule is Nc1cccc(OCCOc2cccc(S(=O)(=O)F)c2)c1. The molecule has 2 aromatic carbocycles. The summed E-state index contributed by atoms with van der Waals surface area (Å²) in [6, 6.07) is 12.2. The monoisotopic (exact) mass is 311 g/mol. The Bertz CT molecular complexity index is 718. The summed E-state index contributed by atoms with van der Waals surface area (Å²) in [6.45, 7) is 0.431. The van der Waals surface area contributed by atoms with Crippen molar-refractivity contribution >= 4 is 15.9 Å². The number of nitrogen functional groups attached to an aromatic ring is 1. The topological polar surface area (TPSA) is 78.6 Å². The summed E-state index contributed by atoms with van der Waals surface area (Å²) in [4.78, 5) is -0.434. The average Bonchev–Trinajstić information content (AvgIpc) is 2.43. The minimum atomic E-state index is -4.73. The molecule has 0 atom stereocenters. The first-order chi connectivity index (χ1) is 9.95. The molecule has 0 saturated carbocycles. The van der Waals surface area contributed by atoms with Crippen LogP contribution in [0.1, 0.15) is 0 Å². The normalized spacial score (nSPS) is 11.1. The van der Waals surface area contributed by atoms with E-state index < -0.39 is 15.1 Å². The summed E-state index contributed by atoms with van der Waals surface area (Å²) in [5, 5.41) is 0. The highest BCUT2D eigenvalue weighted by Crippen LogP contribution is 2.19. The third-order valence-electron chi connectivity index (χ3n) is 2.57. The van der Waals surface area contributed by atoms with Crippen molar-refractivity contribution in [3.63, 3.8) is 0 Å². The molecule has 0 aliphatic rings. The third-order valence-corrected chi connectivity index (χ3v) is 3.38. The Morgan fingerprint density at radius 3 is 2.10 bits per heavy atom. The zero-order valence-corrected chi connectivity index (χ0v) is 11.8. The van der Waals surface area contributed by atoms with Crippen LogP contribution in [-0.2, 0) is 10.2 Å². The lowest BCUT2D eigenvalue weighted by Crippen LogP contribution is -2.09. The van der Waals surface area contributed by atoms with E-state index in [2.05, 4.69) is 0 Å². The Morgan fingerprint density at radius 2 is 1.52 bits per heavy atom. The van der Waals surface area contributed by atoms with Gasteiger partial charge in [-0.15, -0.1) is 3.89 Å². The van der Waals surface area contributed by atoms with Gasteiger partial charge in [-0.25, -0.2) is 0 Å². The molecular formula is C14H14FNO4S. The van der Waals surface area contributed by atoms with E-state index in [9.17, 15) is 12.3 Å². The fourth-order valence-corrected chi connectivity index (χ4v) is 2.14. The highest BCUT2D eigenvalue weighted by atomic mass is 32.3. The zero-order chi connectivity index (χ0) is 15.3. The number of ether oxygens (including phenoxy) is 2. The van der Waals surface area contributed by atoms with Crippen LogP contribution in [0.25, 0.3) is 0 Å². The first kappa shape index (κ1) is 15.1. The molecule has 2 rings (SSSR count). The van der Waals surface area contributed by atoms with E-state index in [1.54, 1.807) is 24.3 Å². The van der Waals surface area contributed by atoms with Gasteiger partial charge in [0, 0.05) is 17.8 Å². The largest absolute Gasteiger partial charge is 0.490 e. The van der Waals surface area contributed by atoms with Crippen molar-refractivity contribution in [1.82, 2.24) is 0 Å². The number of nitrogens with two attached hydrogens (primary N) is 1. The molecule has 0 aromatic heterocycles. The fourth-order valence-electron chi connectivity index (χ4n) is 1.64. The van der Waals surface area contributed by atoms with E-state index >= 15 is 0 Å². The molecule has 7 heteroatoms. The van der Waals surface area contributed by atoms with Crippen molar-refractivity contribution in [3.05, 3.63) is 48.5 Å². The van der Waals surface area contributed by atoms with Gasteiger partial charge in [0.1, 0.15) is 29.6 Å². The maximum absolute atomic E-state index is 12.8. The van der Waals surface area contributed by atoms with Crippen molar-refractivity contribution in [1.29, 1.82) is 0 Å². The van der Waals surface area contributed by atoms with Crippen molar-refractivity contribution in [2.75, 3.05) is 18.9 Å². The summed E-state index contributed by atoms with van der Waals surface area (Å²) >= 11 is 0. The number of hydrogen-bond acceptors (Lipinski definition) is 5. The van der Waals surface area contributed by atoms with E-state index in [0.717, 1.165) is 12.1 Å². The summed E-state index contributed by atoms with van der Waals surface area (Å²) in [6.07, 6.45) is 0. The second-order valence-electron chi connectivity index (χ2n) is 4.18. The van der Waals surface area contributed by atoms with Crippen LogP contribution in [0.2, 0.25) is 0 Å². The van der Waals surface area contributed by atoms with E-state index in [1.165, 1.54) is 12.1 Å². The number of benzene rings is 2. The Morgan fingerprint density at radius 1 is 0.952 bits per heavy atom. The lowest BCUT2D eigenvalue weighted by molar-refractivity contribution is 0.217. The molecule has 0 aliphatic heterocycles. The fraction of sp³-hybridized carbons (Fsp3) is 0.143. The minimum absolute atomic E-state index is 0.185. The summed E-state index contributed by atoms with van der Waals surface area (Å²) in [5.41, 5.74) is 6.20. The lowest BCUT2D eigenvalue weighted by atomic mass is 10.3. The van der Waals surface area contributed by atoms with E-state index in [1.807, 2.05) is 0 Å². The van der Waals surface area contributed by atoms with Gasteiger partial charge in [-0.3, -0.25) is 0 Å². The Labute approximate surface area is 122 Å². The van der Waals surface area contributed by atoms with Crippen LogP contribution < -0.4 is 15.2 Å². The number of rotatable bonds is 6. The van der Waals surface area contributed by atoms with Gasteiger partial charge in [-0.1, -0.05) is 12.1 Å². The Hall–Kier alpha value is -2.28. The minimum Gasteiger partial charge on any atom is -0.490 e. The van der Waals surface area contributed by atoms with Crippen molar-refractivity contribution in [2.24, 2.45) is 0 Å². The molecule has 0 bridgehead atoms. The second kappa shape index (κ2) is 6.45. The van der Waals surface area contributed by atoms with Crippen molar-refractivity contribution in [2.45, 2.75) is 4.90 Å². The highest BCUT2D eigenvalue weighted by molar-refractivity contribution is 7.86. The van der Waals surface area contributed by atoms with Crippen LogP contribution >= 0.6 is 0 Å². The summed E-state index contributed by atoms with van der Waals surface area (Å²) < 4.78 is 45.1. The third kappa shape index (κ3) is 4.64. The summed E-state index contributed by atoms with van der Waals surface area (Å²) in [7, 11) is -4.73. The molecule has 0 amide bonds. The van der Waals surface area contributed by atoms with E-state index in [-0.39, 0.29) is 19.0 Å². The van der Waals surface area contributed by atoms with Gasteiger partial charge in [0.15, 0.2) is 0 Å². The second-order valence-corrected chi connectivity index (χ2v) is 5.53. The van der Waals surface area contributed by atoms with Crippen molar-refractivity contribution < 1.29 is 21.8 Å². The van der Waals surface area contributed by atoms with Gasteiger partial charge in [-0.2, -0.15) is 8.42 Å². The standard InChI is InChI=1S/C14H14FNO4S/c15-21(17,18)14-6-2-5-13(10-14)20-8-7-19-12-4-1-3-11(16)9-12/h1-6,9-10H,7-8,16H2. The molecule has 2 aromatic rings. The van der Waals surface area contributed by atoms with Crippen LogP contribution in [0.4, 0.5) is 9.57 Å². The molecular weight excluding hydrogens is 297 g/mol. The molecule has 0 heterocycles. The van der Waals surface area contributed by atoms with Gasteiger partial charge in [0.05, 0.1) is 0 Å². The average molecular weight is 311 g/mol. The Balaban J connectivity index is 1.87. The van der Waals surface area contributed by atoms with Crippen LogP contribution in [0.5, 0.6) is 11.5 Å². The van der Waals surface area contributed by atoms with Crippen LogP contribution in [0.15, 0.2) is 53.4 Å². The van der Waals surface area contributed by atoms with Gasteiger partial charge in [0.25, 0.3) is 0 Å². The maximum Gasteiger partial charge on any atom is 0.332 e. The molecule has 0 saturated heterocycles. The predicted molar refractivity (Wildman–Crippen MR) is 76.6 cm³/mol. The van der Waals surface area contributed by atoms with Crippen LogP contribution in [0.3, 0.4) is 0 Å². The molecule has 0 aliphatic carbocycles. The first-order valence-electron chi connectivity index (χ1n) is 6.11. The van der Waals surface area contributed by atoms with Crippen molar-refractivity contribution in [3.8, 4) is 11.5 Å². The number of halogens is 1. The van der Waals surface area contributed by atoms with E-state index in [4.69, 9.17) is 15.2 Å². The van der Waals surface area contributed by atoms with Gasteiger partial charge in [-0.05, 0) is 24.3 Å². The smallest absolute Gasteiger partial charge is 0.332 e. The quantitative estimate of drug-likeness (QED) is 0.503. The van der Waals surface area contributed by atoms with Crippen LogP contribution in [0, 0.1) is 0 Å². The molecule has 2 N–H and O–H groups in total. The molecule has 21 heavy (non-hydrogen) atoms. The Kier molecular flexibility index (Phi) is 4.64. The molecule has 0 unspecified atom stereocenters. The molecule has 112 valence electrons. The molecule has 0 fully saturated rings. The molecule has 5 nitrogen and oxygen atoms in total. The first-order valence-corrected chi connectivity index (χ1v) is 7.49. The highest BCUT2D eigenvalue weighted by Gasteiger charge is 2.12. The summed E-state index contributed by atoms with van der Waals surface area (Å²) in [5.74, 6) is 0.864. The molecule has 0 radical (unpaired) electrons. The van der Waals surface area contributed by atoms with Gasteiger partial charge < -0.3 is 15.2 Å². The zero-order valence-electron chi connectivity index (χ0n) is 11.0. The van der Waals surface area contributed by atoms with E-state index in [0.29, 0.717) is 11.4 Å². The van der Waals surface area contributed by atoms with Gasteiger partial charge in [0.2, 0.25) is 0 Å². The number of anilines is 1. The lowest BCUT2D eigenvalue weighted by Gasteiger charge is -2.09. The maximum atomic E-state index is 12.8. The number of hydrogen-bond donors (Lipinski definition) is 1. The van der Waals surface area contributed by atoms with Gasteiger partial charge >= 0.3 is 10.2 Å². The predicted octanol–water partition coefficient (Wildman–Crippen LogP) is 2.38. The molecule has 0 spiro atoms.